The number of benzene rings is 2. The second-order valence-electron chi connectivity index (χ2n) is 7.51. The van der Waals surface area contributed by atoms with E-state index in [0.29, 0.717) is 16.6 Å². The summed E-state index contributed by atoms with van der Waals surface area (Å²) < 4.78 is 27.6. The summed E-state index contributed by atoms with van der Waals surface area (Å²) in [6, 6.07) is 16.1. The molecule has 7 heteroatoms. The van der Waals surface area contributed by atoms with Gasteiger partial charge in [-0.1, -0.05) is 42.5 Å². The molecule has 0 saturated carbocycles. The van der Waals surface area contributed by atoms with Gasteiger partial charge in [0.15, 0.2) is 0 Å². The Morgan fingerprint density at radius 2 is 1.67 bits per heavy atom. The van der Waals surface area contributed by atoms with Gasteiger partial charge in [-0.2, -0.15) is 0 Å². The van der Waals surface area contributed by atoms with Crippen molar-refractivity contribution in [1.29, 1.82) is 0 Å². The van der Waals surface area contributed by atoms with Gasteiger partial charge >= 0.3 is 0 Å². The molecule has 0 aliphatic carbocycles. The van der Waals surface area contributed by atoms with E-state index >= 15 is 0 Å². The molecule has 1 amide bonds. The van der Waals surface area contributed by atoms with E-state index in [9.17, 15) is 13.2 Å². The fourth-order valence-electron chi connectivity index (χ4n) is 2.90. The number of sulfone groups is 1. The molecule has 1 heterocycles. The van der Waals surface area contributed by atoms with Crippen LogP contribution in [0.2, 0.25) is 0 Å². The number of amides is 1. The van der Waals surface area contributed by atoms with Crippen molar-refractivity contribution in [2.24, 2.45) is 0 Å². The van der Waals surface area contributed by atoms with Crippen LogP contribution in [0.1, 0.15) is 26.3 Å². The SMILES string of the molecule is CC(C)(C)NC(=O)Cn1c(S(=O)(=O)Cc2ccccc2)nc2ccccc21. The van der Waals surface area contributed by atoms with E-state index in [0.717, 1.165) is 0 Å². The Balaban J connectivity index is 2.03. The van der Waals surface area contributed by atoms with Crippen LogP contribution in [0.15, 0.2) is 59.8 Å². The molecule has 3 rings (SSSR count). The lowest BCUT2D eigenvalue weighted by Crippen LogP contribution is -2.42. The number of para-hydroxylation sites is 2. The monoisotopic (exact) mass is 385 g/mol. The van der Waals surface area contributed by atoms with E-state index < -0.39 is 15.4 Å². The number of nitrogens with zero attached hydrogens (tertiary/aromatic N) is 2. The van der Waals surface area contributed by atoms with Crippen molar-refractivity contribution in [3.05, 3.63) is 60.2 Å². The highest BCUT2D eigenvalue weighted by Crippen LogP contribution is 2.22. The third-order valence-corrected chi connectivity index (χ3v) is 5.49. The van der Waals surface area contributed by atoms with Crippen molar-refractivity contribution in [3.8, 4) is 0 Å². The van der Waals surface area contributed by atoms with Crippen molar-refractivity contribution in [1.82, 2.24) is 14.9 Å². The summed E-state index contributed by atoms with van der Waals surface area (Å²) in [4.78, 5) is 16.8. The van der Waals surface area contributed by atoms with Crippen LogP contribution in [0.25, 0.3) is 11.0 Å². The van der Waals surface area contributed by atoms with Gasteiger partial charge in [-0.15, -0.1) is 0 Å². The first-order valence-corrected chi connectivity index (χ1v) is 10.3. The summed E-state index contributed by atoms with van der Waals surface area (Å²) in [5.74, 6) is -0.431. The molecule has 0 saturated heterocycles. The zero-order chi connectivity index (χ0) is 19.7. The third kappa shape index (κ3) is 4.54. The van der Waals surface area contributed by atoms with Crippen LogP contribution in [0.3, 0.4) is 0 Å². The van der Waals surface area contributed by atoms with Crippen molar-refractivity contribution >= 4 is 26.8 Å². The number of rotatable bonds is 5. The van der Waals surface area contributed by atoms with Crippen molar-refractivity contribution < 1.29 is 13.2 Å². The maximum Gasteiger partial charge on any atom is 0.240 e. The van der Waals surface area contributed by atoms with E-state index in [1.165, 1.54) is 4.57 Å². The van der Waals surface area contributed by atoms with Crippen LogP contribution in [-0.2, 0) is 26.9 Å². The van der Waals surface area contributed by atoms with Crippen LogP contribution in [0, 0.1) is 0 Å². The molecule has 0 aliphatic heterocycles. The van der Waals surface area contributed by atoms with Gasteiger partial charge < -0.3 is 9.88 Å². The predicted octanol–water partition coefficient (Wildman–Crippen LogP) is 2.92. The zero-order valence-corrected chi connectivity index (χ0v) is 16.5. The molecule has 0 fully saturated rings. The summed E-state index contributed by atoms with van der Waals surface area (Å²) >= 11 is 0. The molecule has 0 aliphatic rings. The largest absolute Gasteiger partial charge is 0.350 e. The van der Waals surface area contributed by atoms with E-state index in [1.807, 2.05) is 26.8 Å². The smallest absolute Gasteiger partial charge is 0.240 e. The fourth-order valence-corrected chi connectivity index (χ4v) is 4.40. The maximum atomic E-state index is 13.0. The third-order valence-electron chi connectivity index (χ3n) is 3.91. The molecule has 2 aromatic carbocycles. The number of nitrogens with one attached hydrogen (secondary N) is 1. The molecule has 6 nitrogen and oxygen atoms in total. The summed E-state index contributed by atoms with van der Waals surface area (Å²) in [6.07, 6.45) is 0. The zero-order valence-electron chi connectivity index (χ0n) is 15.6. The lowest BCUT2D eigenvalue weighted by molar-refractivity contribution is -0.123. The van der Waals surface area contributed by atoms with Crippen molar-refractivity contribution in [2.75, 3.05) is 0 Å². The highest BCUT2D eigenvalue weighted by Gasteiger charge is 2.26. The molecule has 0 radical (unpaired) electrons. The first-order valence-electron chi connectivity index (χ1n) is 8.69. The minimum atomic E-state index is -3.72. The molecular formula is C20H23N3O3S. The standard InChI is InChI=1S/C20H23N3O3S/c1-20(2,3)22-18(24)13-23-17-12-8-7-11-16(17)21-19(23)27(25,26)14-15-9-5-4-6-10-15/h4-12H,13-14H2,1-3H3,(H,22,24). The Kier molecular flexibility index (Phi) is 5.06. The molecule has 0 bridgehead atoms. The van der Waals surface area contributed by atoms with Gasteiger partial charge in [-0.3, -0.25) is 4.79 Å². The van der Waals surface area contributed by atoms with Crippen LogP contribution in [0.4, 0.5) is 0 Å². The summed E-state index contributed by atoms with van der Waals surface area (Å²) in [7, 11) is -3.72. The molecule has 1 aromatic heterocycles. The van der Waals surface area contributed by atoms with Gasteiger partial charge in [0, 0.05) is 5.54 Å². The molecule has 0 spiro atoms. The molecule has 0 unspecified atom stereocenters. The minimum Gasteiger partial charge on any atom is -0.350 e. The number of imidazole rings is 1. The molecule has 3 aromatic rings. The number of hydrogen-bond acceptors (Lipinski definition) is 4. The number of fused-ring (bicyclic) bond motifs is 1. The topological polar surface area (TPSA) is 81.1 Å². The van der Waals surface area contributed by atoms with Gasteiger partial charge in [0.05, 0.1) is 16.8 Å². The highest BCUT2D eigenvalue weighted by molar-refractivity contribution is 7.90. The quantitative estimate of drug-likeness (QED) is 0.732. The Morgan fingerprint density at radius 3 is 2.33 bits per heavy atom. The molecule has 0 atom stereocenters. The Hall–Kier alpha value is -2.67. The maximum absolute atomic E-state index is 13.0. The summed E-state index contributed by atoms with van der Waals surface area (Å²) in [5, 5.41) is 2.78. The predicted molar refractivity (Wildman–Crippen MR) is 105 cm³/mol. The molecular weight excluding hydrogens is 362 g/mol. The lowest BCUT2D eigenvalue weighted by Gasteiger charge is -2.21. The van der Waals surface area contributed by atoms with Crippen molar-refractivity contribution in [3.63, 3.8) is 0 Å². The highest BCUT2D eigenvalue weighted by atomic mass is 32.2. The number of carbonyl (C=O) groups is 1. The number of carbonyl (C=O) groups excluding carboxylic acids is 1. The van der Waals surface area contributed by atoms with Gasteiger partial charge in [-0.25, -0.2) is 13.4 Å². The number of hydrogen-bond donors (Lipinski definition) is 1. The number of aromatic nitrogens is 2. The van der Waals surface area contributed by atoms with Crippen LogP contribution < -0.4 is 5.32 Å². The fraction of sp³-hybridized carbons (Fsp3) is 0.300. The van der Waals surface area contributed by atoms with Crippen molar-refractivity contribution in [2.45, 2.75) is 43.8 Å². The summed E-state index contributed by atoms with van der Waals surface area (Å²) in [6.45, 7) is 5.53. The average molecular weight is 385 g/mol. The van der Waals surface area contributed by atoms with Gasteiger partial charge in [0.25, 0.3) is 0 Å². The first-order chi connectivity index (χ1) is 12.7. The van der Waals surface area contributed by atoms with E-state index in [-0.39, 0.29) is 23.4 Å². The van der Waals surface area contributed by atoms with Gasteiger partial charge in [0.2, 0.25) is 20.9 Å². The summed E-state index contributed by atoms with van der Waals surface area (Å²) in [5.41, 5.74) is 1.44. The lowest BCUT2D eigenvalue weighted by atomic mass is 10.1. The van der Waals surface area contributed by atoms with Gasteiger partial charge in [0.1, 0.15) is 6.54 Å². The van der Waals surface area contributed by atoms with Crippen LogP contribution in [-0.4, -0.2) is 29.4 Å². The van der Waals surface area contributed by atoms with Crippen LogP contribution >= 0.6 is 0 Å². The second-order valence-corrected chi connectivity index (χ2v) is 9.40. The Morgan fingerprint density at radius 1 is 1.04 bits per heavy atom. The van der Waals surface area contributed by atoms with Gasteiger partial charge in [-0.05, 0) is 38.5 Å². The molecule has 142 valence electrons. The Bertz CT molecular complexity index is 1060. The minimum absolute atomic E-state index is 0.0865. The Labute approximate surface area is 159 Å². The molecule has 1 N–H and O–H groups in total. The van der Waals surface area contributed by atoms with E-state index in [1.54, 1.807) is 48.5 Å². The average Bonchev–Trinajstić information content (AvgIpc) is 2.93. The first kappa shape index (κ1) is 19.1. The molecule has 27 heavy (non-hydrogen) atoms. The van der Waals surface area contributed by atoms with E-state index in [2.05, 4.69) is 10.3 Å². The second kappa shape index (κ2) is 7.15. The van der Waals surface area contributed by atoms with Crippen LogP contribution in [0.5, 0.6) is 0 Å². The normalized spacial score (nSPS) is 12.3. The van der Waals surface area contributed by atoms with E-state index in [4.69, 9.17) is 0 Å².